The van der Waals surface area contributed by atoms with E-state index in [0.29, 0.717) is 5.75 Å². The van der Waals surface area contributed by atoms with E-state index in [1.54, 1.807) is 18.2 Å². The lowest BCUT2D eigenvalue weighted by Crippen LogP contribution is -2.33. The van der Waals surface area contributed by atoms with Gasteiger partial charge < -0.3 is 61.0 Å². The van der Waals surface area contributed by atoms with Crippen molar-refractivity contribution in [2.24, 2.45) is 11.5 Å². The number of carbonyl (C=O) groups excluding carboxylic acids is 2. The second-order valence-corrected chi connectivity index (χ2v) is 14.6. The fraction of sp³-hybridized carbons (Fsp3) is 0.481. The molecular weight excluding hydrogens is 773 g/mol. The minimum atomic E-state index is -5.69. The number of benzene rings is 1. The first kappa shape index (κ1) is 45.6. The molecule has 1 saturated heterocycles. The van der Waals surface area contributed by atoms with E-state index in [9.17, 15) is 37.9 Å². The van der Waals surface area contributed by atoms with Crippen LogP contribution in [-0.2, 0) is 45.8 Å². The van der Waals surface area contributed by atoms with Crippen molar-refractivity contribution in [3.8, 4) is 17.6 Å². The highest BCUT2D eigenvalue weighted by atomic mass is 31.3. The molecule has 2 aromatic rings. The van der Waals surface area contributed by atoms with Gasteiger partial charge in [-0.1, -0.05) is 31.8 Å². The number of hydrogen-bond acceptors (Lipinski definition) is 16. The van der Waals surface area contributed by atoms with E-state index >= 15 is 0 Å². The molecule has 3 rings (SSSR count). The van der Waals surface area contributed by atoms with Gasteiger partial charge in [0.2, 0.25) is 11.8 Å². The number of nitrogens with two attached hydrogens (primary N) is 3. The van der Waals surface area contributed by atoms with E-state index in [-0.39, 0.29) is 62.8 Å². The van der Waals surface area contributed by atoms with E-state index in [2.05, 4.69) is 35.3 Å². The third kappa shape index (κ3) is 17.4. The average Bonchev–Trinajstić information content (AvgIpc) is 3.54. The third-order valence-electron chi connectivity index (χ3n) is 6.14. The van der Waals surface area contributed by atoms with Gasteiger partial charge in [-0.15, -0.1) is 0 Å². The Morgan fingerprint density at radius 3 is 2.51 bits per heavy atom. The van der Waals surface area contributed by atoms with Crippen LogP contribution in [0.3, 0.4) is 0 Å². The first-order valence-electron chi connectivity index (χ1n) is 15.4. The van der Waals surface area contributed by atoms with Crippen molar-refractivity contribution in [1.82, 2.24) is 14.9 Å². The highest BCUT2D eigenvalue weighted by molar-refractivity contribution is 7.66. The van der Waals surface area contributed by atoms with E-state index in [1.807, 2.05) is 13.8 Å². The van der Waals surface area contributed by atoms with Gasteiger partial charge in [0.15, 0.2) is 0 Å². The number of phosphoric ester groups is 1. The van der Waals surface area contributed by atoms with Crippen molar-refractivity contribution in [3.05, 3.63) is 52.1 Å². The number of aromatic nitrogens is 2. The lowest BCUT2D eigenvalue weighted by atomic mass is 10.2. The lowest BCUT2D eigenvalue weighted by molar-refractivity contribution is -0.126. The van der Waals surface area contributed by atoms with Gasteiger partial charge in [0.25, 0.3) is 0 Å². The van der Waals surface area contributed by atoms with Gasteiger partial charge in [0, 0.05) is 11.8 Å². The van der Waals surface area contributed by atoms with Gasteiger partial charge in [0.05, 0.1) is 38.0 Å². The standard InChI is InChI=1S/C25H35N6O17P3.C2H6/c26-20(14-44-18-5-1-3-16(11-18)24(28)33)43-10-9-42-15-21(32)29-8-2-4-17-12-31(25(34)30-23(17)27)22-7-6-19(46-22)13-45-50(38,39)48-51(40,41)47-49(35,36)37;1-2/h1,3,5,11-12,19-20,22H,6-10,13-15,26H2,(H2,28,33)(H,29,32)(H,38,39)(H,40,41)(H2,27,30,34)(H2,35,36,37);1-2H3/t19-,20?,22+;/m0./s1. The van der Waals surface area contributed by atoms with Crippen molar-refractivity contribution in [2.45, 2.75) is 45.2 Å². The molecule has 3 unspecified atom stereocenters. The number of amides is 2. The zero-order valence-electron chi connectivity index (χ0n) is 28.3. The van der Waals surface area contributed by atoms with Gasteiger partial charge >= 0.3 is 29.2 Å². The number of phosphoric acid groups is 3. The lowest BCUT2D eigenvalue weighted by Gasteiger charge is -2.19. The van der Waals surface area contributed by atoms with Gasteiger partial charge in [-0.2, -0.15) is 13.6 Å². The van der Waals surface area contributed by atoms with Crippen molar-refractivity contribution in [1.29, 1.82) is 0 Å². The van der Waals surface area contributed by atoms with Crippen molar-refractivity contribution < 1.29 is 75.0 Å². The molecule has 11 N–H and O–H groups in total. The number of hydrogen-bond donors (Lipinski definition) is 8. The summed E-state index contributed by atoms with van der Waals surface area (Å²) in [4.78, 5) is 75.5. The summed E-state index contributed by atoms with van der Waals surface area (Å²) in [5.41, 5.74) is 16.4. The Kier molecular flexibility index (Phi) is 18.4. The highest BCUT2D eigenvalue weighted by Gasteiger charge is 2.41. The Bertz CT molecular complexity index is 1810. The molecule has 1 aromatic carbocycles. The number of anilines is 1. The van der Waals surface area contributed by atoms with Crippen LogP contribution in [0.15, 0.2) is 35.3 Å². The molecule has 5 atom stereocenters. The van der Waals surface area contributed by atoms with Crippen LogP contribution in [0.2, 0.25) is 0 Å². The summed E-state index contributed by atoms with van der Waals surface area (Å²) in [6.45, 7) is 2.94. The van der Waals surface area contributed by atoms with E-state index in [0.717, 1.165) is 4.57 Å². The molecule has 2 heterocycles. The second kappa shape index (κ2) is 21.4. The largest absolute Gasteiger partial charge is 0.490 e. The number of carbonyl (C=O) groups is 2. The molecule has 0 aliphatic carbocycles. The molecular formula is C27H41N6O17P3. The molecule has 2 amide bonds. The molecule has 1 fully saturated rings. The van der Waals surface area contributed by atoms with E-state index in [4.69, 9.17) is 45.9 Å². The van der Waals surface area contributed by atoms with Crippen molar-refractivity contribution in [3.63, 3.8) is 0 Å². The Balaban J connectivity index is 0.00000477. The first-order chi connectivity index (χ1) is 24.8. The van der Waals surface area contributed by atoms with E-state index < -0.39 is 66.1 Å². The Morgan fingerprint density at radius 1 is 1.11 bits per heavy atom. The fourth-order valence-corrected chi connectivity index (χ4v) is 7.05. The number of ether oxygens (including phenoxy) is 4. The first-order valence-corrected chi connectivity index (χ1v) is 19.9. The molecule has 26 heteroatoms. The maximum Gasteiger partial charge on any atom is 0.490 e. The SMILES string of the molecule is CC.NC(=O)c1cccc(OCC(N)OCCOCC(=O)NCC#Cc2cn([C@H]3CC[C@@H](COP(=O)(O)OP(=O)(O)OP(=O)(O)O)O3)c(=O)nc2N)c1. The maximum atomic E-state index is 12.5. The Morgan fingerprint density at radius 2 is 1.83 bits per heavy atom. The third-order valence-corrected chi connectivity index (χ3v) is 9.94. The zero-order chi connectivity index (χ0) is 39.8. The number of nitrogens with zero attached hydrogens (tertiary/aromatic N) is 2. The summed E-state index contributed by atoms with van der Waals surface area (Å²) in [6, 6.07) is 6.24. The molecule has 1 aliphatic rings. The summed E-state index contributed by atoms with van der Waals surface area (Å²) in [5, 5.41) is 2.50. The van der Waals surface area contributed by atoms with Crippen LogP contribution in [-0.4, -0.2) is 92.9 Å². The molecule has 1 aliphatic heterocycles. The van der Waals surface area contributed by atoms with Crippen molar-refractivity contribution in [2.75, 3.05) is 45.3 Å². The monoisotopic (exact) mass is 814 g/mol. The number of primary amides is 1. The average molecular weight is 815 g/mol. The van der Waals surface area contributed by atoms with Gasteiger partial charge in [-0.05, 0) is 31.0 Å². The maximum absolute atomic E-state index is 12.5. The number of rotatable bonds is 19. The smallest absolute Gasteiger partial charge is 0.489 e. The van der Waals surface area contributed by atoms with Gasteiger partial charge in [0.1, 0.15) is 37.2 Å². The normalized spacial score (nSPS) is 18.2. The van der Waals surface area contributed by atoms with Crippen LogP contribution in [0.4, 0.5) is 5.82 Å². The van der Waals surface area contributed by atoms with Crippen LogP contribution in [0.1, 0.15) is 48.8 Å². The Hall–Kier alpha value is -3.55. The summed E-state index contributed by atoms with van der Waals surface area (Å²) in [6.07, 6.45) is -1.11. The predicted molar refractivity (Wildman–Crippen MR) is 182 cm³/mol. The van der Waals surface area contributed by atoms with Crippen LogP contribution in [0, 0.1) is 11.8 Å². The molecule has 0 saturated carbocycles. The zero-order valence-corrected chi connectivity index (χ0v) is 31.0. The molecule has 1 aromatic heterocycles. The molecule has 53 heavy (non-hydrogen) atoms. The summed E-state index contributed by atoms with van der Waals surface area (Å²) < 4.78 is 68.7. The second-order valence-electron chi connectivity index (χ2n) is 10.1. The Labute approximate surface area is 302 Å². The number of nitrogens with one attached hydrogen (secondary N) is 1. The molecule has 0 bridgehead atoms. The quantitative estimate of drug-likeness (QED) is 0.0395. The highest BCUT2D eigenvalue weighted by Crippen LogP contribution is 2.66. The summed E-state index contributed by atoms with van der Waals surface area (Å²) in [5.74, 6) is 4.41. The van der Waals surface area contributed by atoms with Crippen LogP contribution in [0.25, 0.3) is 0 Å². The summed E-state index contributed by atoms with van der Waals surface area (Å²) in [7, 11) is -16.6. The van der Waals surface area contributed by atoms with Crippen LogP contribution < -0.4 is 32.9 Å². The van der Waals surface area contributed by atoms with Crippen molar-refractivity contribution >= 4 is 41.1 Å². The fourth-order valence-electron chi connectivity index (χ4n) is 4.00. The predicted octanol–water partition coefficient (Wildman–Crippen LogP) is -0.164. The molecule has 23 nitrogen and oxygen atoms in total. The van der Waals surface area contributed by atoms with E-state index in [1.165, 1.54) is 12.3 Å². The topological polar surface area (TPSA) is 356 Å². The summed E-state index contributed by atoms with van der Waals surface area (Å²) >= 11 is 0. The minimum absolute atomic E-state index is 0.0193. The van der Waals surface area contributed by atoms with Gasteiger partial charge in [-0.25, -0.2) is 18.5 Å². The molecule has 0 radical (unpaired) electrons. The number of nitrogen functional groups attached to an aromatic ring is 1. The molecule has 0 spiro atoms. The van der Waals surface area contributed by atoms with Crippen LogP contribution in [0.5, 0.6) is 5.75 Å². The molecule has 296 valence electrons. The van der Waals surface area contributed by atoms with Gasteiger partial charge in [-0.3, -0.25) is 18.7 Å². The minimum Gasteiger partial charge on any atom is -0.489 e. The van der Waals surface area contributed by atoms with Crippen LogP contribution >= 0.6 is 23.5 Å².